The average molecular weight is 322 g/mol. The van der Waals surface area contributed by atoms with E-state index in [2.05, 4.69) is 26.0 Å². The zero-order valence-corrected chi connectivity index (χ0v) is 15.2. The van der Waals surface area contributed by atoms with Crippen molar-refractivity contribution in [3.63, 3.8) is 0 Å². The molecule has 1 aromatic heterocycles. The number of hydrogen-bond acceptors (Lipinski definition) is 3. The van der Waals surface area contributed by atoms with Crippen LogP contribution in [0, 0.1) is 19.8 Å². The third kappa shape index (κ3) is 5.92. The number of aryl methyl sites for hydroxylation is 2. The number of carbonyl (C=O) groups is 1. The molecule has 0 radical (unpaired) electrons. The van der Waals surface area contributed by atoms with Gasteiger partial charge in [0.15, 0.2) is 5.96 Å². The quantitative estimate of drug-likeness (QED) is 0.395. The summed E-state index contributed by atoms with van der Waals surface area (Å²) < 4.78 is 1.88. The maximum absolute atomic E-state index is 11.5. The Labute approximate surface area is 138 Å². The normalized spacial score (nSPS) is 11.7. The van der Waals surface area contributed by atoms with Crippen molar-refractivity contribution in [1.82, 2.24) is 25.7 Å². The van der Waals surface area contributed by atoms with Crippen LogP contribution in [0.5, 0.6) is 0 Å². The Kier molecular flexibility index (Phi) is 7.57. The molecule has 0 aliphatic rings. The third-order valence-corrected chi connectivity index (χ3v) is 3.64. The molecular formula is C16H30N6O. The van der Waals surface area contributed by atoms with E-state index >= 15 is 0 Å². The van der Waals surface area contributed by atoms with E-state index in [1.165, 1.54) is 0 Å². The van der Waals surface area contributed by atoms with Crippen LogP contribution >= 0.6 is 0 Å². The zero-order chi connectivity index (χ0) is 17.4. The maximum Gasteiger partial charge on any atom is 0.222 e. The Hall–Kier alpha value is -2.05. The predicted octanol–water partition coefficient (Wildman–Crippen LogP) is 0.864. The molecule has 0 unspecified atom stereocenters. The number of nitrogens with one attached hydrogen (secondary N) is 3. The second-order valence-corrected chi connectivity index (χ2v) is 5.84. The van der Waals surface area contributed by atoms with Gasteiger partial charge in [0, 0.05) is 43.9 Å². The Bertz CT molecular complexity index is 547. The number of rotatable bonds is 7. The lowest BCUT2D eigenvalue weighted by Crippen LogP contribution is -2.42. The monoisotopic (exact) mass is 322 g/mol. The van der Waals surface area contributed by atoms with Crippen molar-refractivity contribution in [1.29, 1.82) is 0 Å². The minimum atomic E-state index is 0.00781. The number of amides is 1. The van der Waals surface area contributed by atoms with Gasteiger partial charge in [-0.25, -0.2) is 4.99 Å². The molecule has 0 fully saturated rings. The van der Waals surface area contributed by atoms with Crippen LogP contribution in [0.4, 0.5) is 0 Å². The number of carbonyl (C=O) groups excluding carboxylic acids is 1. The van der Waals surface area contributed by atoms with E-state index in [0.717, 1.165) is 29.5 Å². The SMILES string of the molecule is CCNC(=NCc1c(C)nn(C)c1C)NCCNC(=O)C(C)C. The van der Waals surface area contributed by atoms with Crippen LogP contribution in [0.25, 0.3) is 0 Å². The smallest absolute Gasteiger partial charge is 0.222 e. The first-order chi connectivity index (χ1) is 10.9. The number of nitrogens with zero attached hydrogens (tertiary/aromatic N) is 3. The van der Waals surface area contributed by atoms with Gasteiger partial charge in [-0.1, -0.05) is 13.8 Å². The lowest BCUT2D eigenvalue weighted by Gasteiger charge is -2.12. The van der Waals surface area contributed by atoms with Crippen molar-refractivity contribution < 1.29 is 4.79 Å². The first kappa shape index (κ1) is 19.0. The van der Waals surface area contributed by atoms with Gasteiger partial charge >= 0.3 is 0 Å². The van der Waals surface area contributed by atoms with Crippen LogP contribution in [0.2, 0.25) is 0 Å². The summed E-state index contributed by atoms with van der Waals surface area (Å²) in [5.74, 6) is 0.817. The van der Waals surface area contributed by atoms with Crippen LogP contribution in [0.3, 0.4) is 0 Å². The highest BCUT2D eigenvalue weighted by molar-refractivity contribution is 5.80. The molecular weight excluding hydrogens is 292 g/mol. The van der Waals surface area contributed by atoms with Gasteiger partial charge < -0.3 is 16.0 Å². The molecule has 23 heavy (non-hydrogen) atoms. The highest BCUT2D eigenvalue weighted by Crippen LogP contribution is 2.12. The standard InChI is InChI=1S/C16H30N6O/c1-7-17-16(19-9-8-18-15(23)11(2)3)20-10-14-12(4)21-22(6)13(14)5/h11H,7-10H2,1-6H3,(H,18,23)(H2,17,19,20). The average Bonchev–Trinajstić information content (AvgIpc) is 2.73. The molecule has 0 atom stereocenters. The van der Waals surface area contributed by atoms with Gasteiger partial charge in [0.2, 0.25) is 5.91 Å². The predicted molar refractivity (Wildman–Crippen MR) is 93.3 cm³/mol. The molecule has 0 aromatic carbocycles. The first-order valence-corrected chi connectivity index (χ1v) is 8.15. The van der Waals surface area contributed by atoms with Crippen molar-refractivity contribution >= 4 is 11.9 Å². The minimum Gasteiger partial charge on any atom is -0.357 e. The molecule has 1 rings (SSSR count). The van der Waals surface area contributed by atoms with E-state index in [-0.39, 0.29) is 11.8 Å². The maximum atomic E-state index is 11.5. The molecule has 3 N–H and O–H groups in total. The lowest BCUT2D eigenvalue weighted by atomic mass is 10.2. The fraction of sp³-hybridized carbons (Fsp3) is 0.688. The molecule has 0 saturated carbocycles. The van der Waals surface area contributed by atoms with Gasteiger partial charge in [0.1, 0.15) is 0 Å². The van der Waals surface area contributed by atoms with E-state index in [1.807, 2.05) is 46.3 Å². The van der Waals surface area contributed by atoms with E-state index in [4.69, 9.17) is 0 Å². The van der Waals surface area contributed by atoms with E-state index in [9.17, 15) is 4.79 Å². The van der Waals surface area contributed by atoms with Crippen molar-refractivity contribution in [3.05, 3.63) is 17.0 Å². The second kappa shape index (κ2) is 9.17. The van der Waals surface area contributed by atoms with Crippen LogP contribution < -0.4 is 16.0 Å². The number of aromatic nitrogens is 2. The molecule has 130 valence electrons. The van der Waals surface area contributed by atoms with Crippen molar-refractivity contribution in [2.24, 2.45) is 18.0 Å². The molecule has 0 aliphatic heterocycles. The lowest BCUT2D eigenvalue weighted by molar-refractivity contribution is -0.123. The minimum absolute atomic E-state index is 0.00781. The fourth-order valence-corrected chi connectivity index (χ4v) is 2.12. The summed E-state index contributed by atoms with van der Waals surface area (Å²) in [7, 11) is 1.94. The van der Waals surface area contributed by atoms with Gasteiger partial charge in [0.05, 0.1) is 12.2 Å². The highest BCUT2D eigenvalue weighted by atomic mass is 16.1. The fourth-order valence-electron chi connectivity index (χ4n) is 2.12. The van der Waals surface area contributed by atoms with Gasteiger partial charge in [-0.15, -0.1) is 0 Å². The summed E-state index contributed by atoms with van der Waals surface area (Å²) in [6.45, 7) is 12.4. The molecule has 0 aliphatic carbocycles. The zero-order valence-electron chi connectivity index (χ0n) is 15.2. The van der Waals surface area contributed by atoms with Crippen molar-refractivity contribution in [3.8, 4) is 0 Å². The van der Waals surface area contributed by atoms with Crippen LogP contribution in [0.1, 0.15) is 37.7 Å². The topological polar surface area (TPSA) is 83.3 Å². The molecule has 1 aromatic rings. The van der Waals surface area contributed by atoms with Crippen molar-refractivity contribution in [2.45, 2.75) is 41.2 Å². The molecule has 1 heterocycles. The summed E-state index contributed by atoms with van der Waals surface area (Å²) in [6, 6.07) is 0. The molecule has 7 heteroatoms. The third-order valence-electron chi connectivity index (χ3n) is 3.64. The molecule has 0 spiro atoms. The van der Waals surface area contributed by atoms with Crippen LogP contribution in [-0.4, -0.2) is 41.3 Å². The summed E-state index contributed by atoms with van der Waals surface area (Å²) in [6.07, 6.45) is 0. The highest BCUT2D eigenvalue weighted by Gasteiger charge is 2.09. The van der Waals surface area contributed by atoms with Gasteiger partial charge in [0.25, 0.3) is 0 Å². The Morgan fingerprint density at radius 1 is 1.22 bits per heavy atom. The van der Waals surface area contributed by atoms with E-state index in [0.29, 0.717) is 19.6 Å². The molecule has 7 nitrogen and oxygen atoms in total. The molecule has 0 bridgehead atoms. The van der Waals surface area contributed by atoms with Crippen LogP contribution in [0.15, 0.2) is 4.99 Å². The van der Waals surface area contributed by atoms with E-state index < -0.39 is 0 Å². The number of hydrogen-bond donors (Lipinski definition) is 3. The molecule has 1 amide bonds. The Balaban J connectivity index is 2.55. The summed E-state index contributed by atoms with van der Waals surface area (Å²) in [4.78, 5) is 16.1. The Morgan fingerprint density at radius 3 is 2.39 bits per heavy atom. The van der Waals surface area contributed by atoms with Gasteiger partial charge in [-0.3, -0.25) is 9.48 Å². The van der Waals surface area contributed by atoms with Crippen molar-refractivity contribution in [2.75, 3.05) is 19.6 Å². The van der Waals surface area contributed by atoms with Gasteiger partial charge in [-0.05, 0) is 20.8 Å². The van der Waals surface area contributed by atoms with Gasteiger partial charge in [-0.2, -0.15) is 5.10 Å². The molecule has 0 saturated heterocycles. The number of guanidine groups is 1. The second-order valence-electron chi connectivity index (χ2n) is 5.84. The summed E-state index contributed by atoms with van der Waals surface area (Å²) in [5, 5.41) is 13.7. The van der Waals surface area contributed by atoms with E-state index in [1.54, 1.807) is 0 Å². The number of aliphatic imine (C=N–C) groups is 1. The first-order valence-electron chi connectivity index (χ1n) is 8.15. The largest absolute Gasteiger partial charge is 0.357 e. The summed E-state index contributed by atoms with van der Waals surface area (Å²) >= 11 is 0. The Morgan fingerprint density at radius 2 is 1.87 bits per heavy atom. The summed E-state index contributed by atoms with van der Waals surface area (Å²) in [5.41, 5.74) is 3.29. The van der Waals surface area contributed by atoms with Crippen LogP contribution in [-0.2, 0) is 18.4 Å².